The number of benzene rings is 1. The molecule has 2 amide bonds. The number of thiophene rings is 1. The number of hydrazone groups is 1. The Morgan fingerprint density at radius 3 is 2.71 bits per heavy atom. The number of rotatable bonds is 5. The van der Waals surface area contributed by atoms with Crippen molar-refractivity contribution in [3.8, 4) is 5.75 Å². The van der Waals surface area contributed by atoms with Crippen LogP contribution in [0.15, 0.2) is 26.2 Å². The molecule has 1 aromatic heterocycles. The van der Waals surface area contributed by atoms with Gasteiger partial charge in [-0.05, 0) is 66.2 Å². The minimum absolute atomic E-state index is 0.0612. The maximum Gasteiger partial charge on any atom is 0.341 e. The minimum atomic E-state index is -1.01. The highest BCUT2D eigenvalue weighted by Gasteiger charge is 2.28. The van der Waals surface area contributed by atoms with E-state index in [0.717, 1.165) is 36.1 Å². The second-order valence-corrected chi connectivity index (χ2v) is 9.49. The molecule has 0 fully saturated rings. The van der Waals surface area contributed by atoms with Gasteiger partial charge in [0.15, 0.2) is 0 Å². The number of nitrogens with one attached hydrogen (secondary N) is 2. The third-order valence-electron chi connectivity index (χ3n) is 4.51. The average Bonchev–Trinajstić information content (AvgIpc) is 3.09. The number of hydrogen-bond donors (Lipinski definition) is 3. The van der Waals surface area contributed by atoms with Crippen LogP contribution in [0.5, 0.6) is 5.75 Å². The van der Waals surface area contributed by atoms with Crippen molar-refractivity contribution < 1.29 is 24.2 Å². The molecule has 0 spiro atoms. The molecule has 0 saturated heterocycles. The van der Waals surface area contributed by atoms with Crippen LogP contribution in [0.3, 0.4) is 0 Å². The fourth-order valence-corrected chi connectivity index (χ4v) is 5.66. The van der Waals surface area contributed by atoms with Gasteiger partial charge < -0.3 is 15.2 Å². The Morgan fingerprint density at radius 2 is 1.97 bits per heavy atom. The Labute approximate surface area is 199 Å². The number of esters is 1. The van der Waals surface area contributed by atoms with E-state index < -0.39 is 17.8 Å². The van der Waals surface area contributed by atoms with E-state index in [1.807, 2.05) is 0 Å². The highest BCUT2D eigenvalue weighted by Crippen LogP contribution is 2.38. The van der Waals surface area contributed by atoms with Gasteiger partial charge in [0, 0.05) is 14.9 Å². The van der Waals surface area contributed by atoms with Crippen LogP contribution < -0.4 is 10.7 Å². The summed E-state index contributed by atoms with van der Waals surface area (Å²) < 4.78 is 6.28. The van der Waals surface area contributed by atoms with Crippen LogP contribution in [-0.2, 0) is 27.2 Å². The molecule has 164 valence electrons. The lowest BCUT2D eigenvalue weighted by Crippen LogP contribution is -2.32. The molecule has 1 aliphatic carbocycles. The van der Waals surface area contributed by atoms with Gasteiger partial charge in [0.1, 0.15) is 10.8 Å². The molecule has 8 nitrogen and oxygen atoms in total. The Kier molecular flexibility index (Phi) is 7.84. The Balaban J connectivity index is 1.72. The molecule has 3 N–H and O–H groups in total. The van der Waals surface area contributed by atoms with Crippen LogP contribution in [0.25, 0.3) is 0 Å². The second-order valence-electron chi connectivity index (χ2n) is 6.61. The molecule has 1 heterocycles. The number of amides is 2. The van der Waals surface area contributed by atoms with Crippen LogP contribution in [0.2, 0.25) is 0 Å². The minimum Gasteiger partial charge on any atom is -0.506 e. The SMILES string of the molecule is CCOC(=O)c1c(NC(=O)C(=O)N/N=C/c2cc(Br)cc(Br)c2O)sc2c1CCCC2. The number of anilines is 1. The number of halogens is 2. The van der Waals surface area contributed by atoms with Gasteiger partial charge in [-0.15, -0.1) is 11.3 Å². The summed E-state index contributed by atoms with van der Waals surface area (Å²) in [6.45, 7) is 1.92. The molecule has 0 saturated carbocycles. The molecule has 11 heteroatoms. The zero-order chi connectivity index (χ0) is 22.5. The number of carbonyl (C=O) groups excluding carboxylic acids is 3. The molecule has 0 aliphatic heterocycles. The standard InChI is InChI=1S/C20H19Br2N3O5S/c1-2-30-20(29)15-12-5-3-4-6-14(12)31-19(15)24-17(27)18(28)25-23-9-10-7-11(21)8-13(22)16(10)26/h7-9,26H,2-6H2,1H3,(H,24,27)(H,25,28)/b23-9+. The first-order chi connectivity index (χ1) is 14.8. The molecule has 0 unspecified atom stereocenters. The number of ether oxygens (including phenoxy) is 1. The zero-order valence-corrected chi connectivity index (χ0v) is 20.4. The van der Waals surface area contributed by atoms with E-state index in [1.165, 1.54) is 17.6 Å². The first-order valence-electron chi connectivity index (χ1n) is 9.45. The number of fused-ring (bicyclic) bond motifs is 1. The number of phenolic OH excluding ortho intramolecular Hbond substituents is 1. The number of hydrogen-bond acceptors (Lipinski definition) is 7. The summed E-state index contributed by atoms with van der Waals surface area (Å²) in [7, 11) is 0. The molecular weight excluding hydrogens is 554 g/mol. The second kappa shape index (κ2) is 10.4. The number of aryl methyl sites for hydroxylation is 1. The summed E-state index contributed by atoms with van der Waals surface area (Å²) >= 11 is 7.79. The van der Waals surface area contributed by atoms with Gasteiger partial charge in [-0.25, -0.2) is 10.2 Å². The van der Waals surface area contributed by atoms with Crippen LogP contribution in [0.1, 0.15) is 46.1 Å². The van der Waals surface area contributed by atoms with Crippen molar-refractivity contribution in [1.82, 2.24) is 5.43 Å². The summed E-state index contributed by atoms with van der Waals surface area (Å²) in [4.78, 5) is 38.0. The highest BCUT2D eigenvalue weighted by atomic mass is 79.9. The van der Waals surface area contributed by atoms with Crippen molar-refractivity contribution in [3.63, 3.8) is 0 Å². The molecule has 1 aliphatic rings. The smallest absolute Gasteiger partial charge is 0.341 e. The molecule has 31 heavy (non-hydrogen) atoms. The fraction of sp³-hybridized carbons (Fsp3) is 0.300. The van der Waals surface area contributed by atoms with Gasteiger partial charge in [-0.1, -0.05) is 15.9 Å². The molecule has 1 aromatic carbocycles. The Bertz CT molecular complexity index is 1070. The number of nitrogens with zero attached hydrogens (tertiary/aromatic N) is 1. The fourth-order valence-electron chi connectivity index (χ4n) is 3.13. The lowest BCUT2D eigenvalue weighted by molar-refractivity contribution is -0.136. The predicted molar refractivity (Wildman–Crippen MR) is 125 cm³/mol. The number of carbonyl (C=O) groups is 3. The maximum atomic E-state index is 12.4. The van der Waals surface area contributed by atoms with E-state index in [2.05, 4.69) is 47.7 Å². The quantitative estimate of drug-likeness (QED) is 0.216. The normalized spacial score (nSPS) is 13.0. The van der Waals surface area contributed by atoms with Gasteiger partial charge in [0.25, 0.3) is 0 Å². The van der Waals surface area contributed by atoms with Crippen molar-refractivity contribution in [1.29, 1.82) is 0 Å². The van der Waals surface area contributed by atoms with E-state index in [4.69, 9.17) is 4.74 Å². The Morgan fingerprint density at radius 1 is 1.23 bits per heavy atom. The summed E-state index contributed by atoms with van der Waals surface area (Å²) in [6.07, 6.45) is 4.74. The predicted octanol–water partition coefficient (Wildman–Crippen LogP) is 4.12. The summed E-state index contributed by atoms with van der Waals surface area (Å²) in [5.41, 5.74) is 3.67. The lowest BCUT2D eigenvalue weighted by Gasteiger charge is -2.12. The summed E-state index contributed by atoms with van der Waals surface area (Å²) in [6, 6.07) is 3.25. The largest absolute Gasteiger partial charge is 0.506 e. The van der Waals surface area contributed by atoms with E-state index in [9.17, 15) is 19.5 Å². The first-order valence-corrected chi connectivity index (χ1v) is 11.9. The van der Waals surface area contributed by atoms with E-state index >= 15 is 0 Å². The first kappa shape index (κ1) is 23.4. The monoisotopic (exact) mass is 571 g/mol. The molecular formula is C20H19Br2N3O5S. The van der Waals surface area contributed by atoms with Crippen molar-refractivity contribution in [2.24, 2.45) is 5.10 Å². The van der Waals surface area contributed by atoms with Crippen LogP contribution in [0.4, 0.5) is 5.00 Å². The van der Waals surface area contributed by atoms with Gasteiger partial charge >= 0.3 is 17.8 Å². The Hall–Kier alpha value is -2.24. The van der Waals surface area contributed by atoms with E-state index in [1.54, 1.807) is 19.1 Å². The van der Waals surface area contributed by atoms with Crippen molar-refractivity contribution >= 4 is 72.2 Å². The van der Waals surface area contributed by atoms with Gasteiger partial charge in [0.2, 0.25) is 0 Å². The summed E-state index contributed by atoms with van der Waals surface area (Å²) in [5.74, 6) is -2.54. The van der Waals surface area contributed by atoms with E-state index in [0.29, 0.717) is 25.1 Å². The highest BCUT2D eigenvalue weighted by molar-refractivity contribution is 9.11. The van der Waals surface area contributed by atoms with Crippen LogP contribution in [-0.4, -0.2) is 35.7 Å². The van der Waals surface area contributed by atoms with Crippen molar-refractivity contribution in [2.45, 2.75) is 32.6 Å². The van der Waals surface area contributed by atoms with Crippen molar-refractivity contribution in [2.75, 3.05) is 11.9 Å². The maximum absolute atomic E-state index is 12.4. The summed E-state index contributed by atoms with van der Waals surface area (Å²) in [5, 5.41) is 16.6. The number of phenols is 1. The van der Waals surface area contributed by atoms with Crippen LogP contribution in [0, 0.1) is 0 Å². The zero-order valence-electron chi connectivity index (χ0n) is 16.5. The molecule has 2 aromatic rings. The molecule has 0 bridgehead atoms. The van der Waals surface area contributed by atoms with E-state index in [-0.39, 0.29) is 12.4 Å². The van der Waals surface area contributed by atoms with Crippen molar-refractivity contribution in [3.05, 3.63) is 42.6 Å². The lowest BCUT2D eigenvalue weighted by atomic mass is 9.95. The van der Waals surface area contributed by atoms with Gasteiger partial charge in [0.05, 0.1) is 22.9 Å². The average molecular weight is 573 g/mol. The number of aromatic hydroxyl groups is 1. The topological polar surface area (TPSA) is 117 Å². The van der Waals surface area contributed by atoms with Crippen LogP contribution >= 0.6 is 43.2 Å². The van der Waals surface area contributed by atoms with Gasteiger partial charge in [-0.3, -0.25) is 9.59 Å². The third kappa shape index (κ3) is 5.52. The van der Waals surface area contributed by atoms with Gasteiger partial charge in [-0.2, -0.15) is 5.10 Å². The molecule has 0 radical (unpaired) electrons. The molecule has 3 rings (SSSR count). The molecule has 0 atom stereocenters. The third-order valence-corrected chi connectivity index (χ3v) is 6.78.